The highest BCUT2D eigenvalue weighted by Crippen LogP contribution is 2.40. The molecule has 0 fully saturated rings. The second kappa shape index (κ2) is 7.28. The lowest BCUT2D eigenvalue weighted by Gasteiger charge is -2.21. The molecule has 3 aromatic rings. The Morgan fingerprint density at radius 2 is 1.96 bits per heavy atom. The van der Waals surface area contributed by atoms with Crippen molar-refractivity contribution in [1.29, 1.82) is 0 Å². The number of methoxy groups -OCH3 is 1. The van der Waals surface area contributed by atoms with Crippen LogP contribution in [0.4, 0.5) is 0 Å². The van der Waals surface area contributed by atoms with Gasteiger partial charge in [0.2, 0.25) is 11.8 Å². The minimum Gasteiger partial charge on any atom is -0.497 e. The fourth-order valence-electron chi connectivity index (χ4n) is 2.85. The quantitative estimate of drug-likeness (QED) is 0.422. The van der Waals surface area contributed by atoms with Crippen LogP contribution in [-0.2, 0) is 11.2 Å². The fraction of sp³-hybridized carbons (Fsp3) is 0.150. The molecule has 0 spiro atoms. The molecule has 2 aromatic carbocycles. The van der Waals surface area contributed by atoms with Gasteiger partial charge in [0.05, 0.1) is 18.4 Å². The number of benzene rings is 2. The van der Waals surface area contributed by atoms with Crippen LogP contribution in [0.5, 0.6) is 17.4 Å². The predicted molar refractivity (Wildman–Crippen MR) is 103 cm³/mol. The van der Waals surface area contributed by atoms with Crippen LogP contribution in [0.1, 0.15) is 11.1 Å². The van der Waals surface area contributed by atoms with Crippen molar-refractivity contribution in [1.82, 2.24) is 9.97 Å². The Bertz CT molecular complexity index is 1010. The summed E-state index contributed by atoms with van der Waals surface area (Å²) < 4.78 is 11.2. The van der Waals surface area contributed by atoms with E-state index in [0.717, 1.165) is 28.2 Å². The van der Waals surface area contributed by atoms with Gasteiger partial charge >= 0.3 is 0 Å². The van der Waals surface area contributed by atoms with Gasteiger partial charge in [0.25, 0.3) is 0 Å². The van der Waals surface area contributed by atoms with Gasteiger partial charge in [-0.3, -0.25) is 4.79 Å². The van der Waals surface area contributed by atoms with Crippen molar-refractivity contribution in [2.24, 2.45) is 5.73 Å². The summed E-state index contributed by atoms with van der Waals surface area (Å²) in [4.78, 5) is 20.6. The highest BCUT2D eigenvalue weighted by Gasteiger charge is 2.24. The lowest BCUT2D eigenvalue weighted by atomic mass is 10.0. The molecule has 136 valence electrons. The number of para-hydroxylation sites is 1. The van der Waals surface area contributed by atoms with Gasteiger partial charge in [-0.2, -0.15) is 4.98 Å². The van der Waals surface area contributed by atoms with Crippen LogP contribution in [0.25, 0.3) is 11.4 Å². The standard InChI is InChI=1S/C20H17N3O3S/c1-25-14-8-6-12(7-9-14)18-22-19-15(20(23-18)27-11-17(21)24)10-13-4-2-3-5-16(13)26-19/h2-9H,10-11H2,1H3,(H2,21,24). The number of rotatable bonds is 5. The summed E-state index contributed by atoms with van der Waals surface area (Å²) in [6, 6.07) is 15.3. The highest BCUT2D eigenvalue weighted by atomic mass is 32.2. The molecular formula is C20H17N3O3S. The first-order valence-corrected chi connectivity index (χ1v) is 9.35. The summed E-state index contributed by atoms with van der Waals surface area (Å²) in [6.45, 7) is 0. The number of thioether (sulfide) groups is 1. The van der Waals surface area contributed by atoms with Crippen molar-refractivity contribution in [2.75, 3.05) is 12.9 Å². The molecule has 0 bridgehead atoms. The Morgan fingerprint density at radius 1 is 1.19 bits per heavy atom. The molecule has 0 atom stereocenters. The monoisotopic (exact) mass is 379 g/mol. The van der Waals surface area contributed by atoms with Crippen molar-refractivity contribution in [3.05, 3.63) is 59.7 Å². The number of primary amides is 1. The Labute approximate surface area is 160 Å². The van der Waals surface area contributed by atoms with Crippen LogP contribution in [-0.4, -0.2) is 28.7 Å². The van der Waals surface area contributed by atoms with E-state index < -0.39 is 5.91 Å². The van der Waals surface area contributed by atoms with E-state index in [1.807, 2.05) is 48.5 Å². The number of amides is 1. The average molecular weight is 379 g/mol. The maximum atomic E-state index is 11.3. The molecular weight excluding hydrogens is 362 g/mol. The van der Waals surface area contributed by atoms with Gasteiger partial charge in [-0.1, -0.05) is 30.0 Å². The number of nitrogens with two attached hydrogens (primary N) is 1. The average Bonchev–Trinajstić information content (AvgIpc) is 2.70. The van der Waals surface area contributed by atoms with E-state index in [0.29, 0.717) is 23.2 Å². The summed E-state index contributed by atoms with van der Waals surface area (Å²) >= 11 is 1.30. The van der Waals surface area contributed by atoms with E-state index in [1.54, 1.807) is 7.11 Å². The van der Waals surface area contributed by atoms with E-state index in [4.69, 9.17) is 15.2 Å². The molecule has 2 N–H and O–H groups in total. The van der Waals surface area contributed by atoms with Gasteiger partial charge in [0.15, 0.2) is 5.82 Å². The molecule has 0 saturated heterocycles. The van der Waals surface area contributed by atoms with Gasteiger partial charge < -0.3 is 15.2 Å². The van der Waals surface area contributed by atoms with Gasteiger partial charge in [0, 0.05) is 12.0 Å². The second-order valence-electron chi connectivity index (χ2n) is 6.01. The summed E-state index contributed by atoms with van der Waals surface area (Å²) in [5.41, 5.74) is 8.10. The maximum absolute atomic E-state index is 11.3. The van der Waals surface area contributed by atoms with Crippen molar-refractivity contribution in [3.63, 3.8) is 0 Å². The number of carbonyl (C=O) groups is 1. The summed E-state index contributed by atoms with van der Waals surface area (Å²) in [5.74, 6) is 2.34. The van der Waals surface area contributed by atoms with Crippen LogP contribution in [0.2, 0.25) is 0 Å². The molecule has 1 aliphatic rings. The normalized spacial score (nSPS) is 11.9. The molecule has 27 heavy (non-hydrogen) atoms. The number of carbonyl (C=O) groups excluding carboxylic acids is 1. The Hall–Kier alpha value is -3.06. The molecule has 0 radical (unpaired) electrons. The van der Waals surface area contributed by atoms with Gasteiger partial charge in [-0.15, -0.1) is 0 Å². The second-order valence-corrected chi connectivity index (χ2v) is 6.97. The summed E-state index contributed by atoms with van der Waals surface area (Å²) in [7, 11) is 1.62. The van der Waals surface area contributed by atoms with Crippen LogP contribution in [0.15, 0.2) is 53.6 Å². The predicted octanol–water partition coefficient (Wildman–Crippen LogP) is 3.43. The molecule has 1 aromatic heterocycles. The first-order chi connectivity index (χ1) is 13.1. The largest absolute Gasteiger partial charge is 0.497 e. The third-order valence-corrected chi connectivity index (χ3v) is 5.22. The van der Waals surface area contributed by atoms with Crippen LogP contribution in [0.3, 0.4) is 0 Å². The Balaban J connectivity index is 1.77. The summed E-state index contributed by atoms with van der Waals surface area (Å²) in [5, 5.41) is 0.708. The Morgan fingerprint density at radius 3 is 2.70 bits per heavy atom. The third-order valence-electron chi connectivity index (χ3n) is 4.18. The molecule has 7 heteroatoms. The van der Waals surface area contributed by atoms with E-state index in [1.165, 1.54) is 11.8 Å². The first kappa shape index (κ1) is 17.4. The lowest BCUT2D eigenvalue weighted by Crippen LogP contribution is -2.14. The van der Waals surface area contributed by atoms with Gasteiger partial charge in [-0.25, -0.2) is 4.98 Å². The van der Waals surface area contributed by atoms with Crippen molar-refractivity contribution < 1.29 is 14.3 Å². The van der Waals surface area contributed by atoms with Crippen LogP contribution in [0, 0.1) is 0 Å². The van der Waals surface area contributed by atoms with Gasteiger partial charge in [0.1, 0.15) is 16.5 Å². The molecule has 1 amide bonds. The highest BCUT2D eigenvalue weighted by molar-refractivity contribution is 7.99. The van der Waals surface area contributed by atoms with E-state index in [2.05, 4.69) is 9.97 Å². The lowest BCUT2D eigenvalue weighted by molar-refractivity contribution is -0.115. The molecule has 6 nitrogen and oxygen atoms in total. The van der Waals surface area contributed by atoms with Crippen molar-refractivity contribution in [3.8, 4) is 28.8 Å². The smallest absolute Gasteiger partial charge is 0.227 e. The van der Waals surface area contributed by atoms with Gasteiger partial charge in [-0.05, 0) is 35.9 Å². The zero-order valence-corrected chi connectivity index (χ0v) is 15.5. The SMILES string of the molecule is COc1ccc(-c2nc3c(c(SCC(N)=O)n2)Cc2ccccc2O3)cc1. The molecule has 2 heterocycles. The zero-order valence-electron chi connectivity index (χ0n) is 14.6. The number of nitrogens with zero attached hydrogens (tertiary/aromatic N) is 2. The molecule has 0 aliphatic carbocycles. The minimum atomic E-state index is -0.393. The third kappa shape index (κ3) is 3.59. The molecule has 1 aliphatic heterocycles. The molecule has 4 rings (SSSR count). The first-order valence-electron chi connectivity index (χ1n) is 8.36. The van der Waals surface area contributed by atoms with Crippen molar-refractivity contribution >= 4 is 17.7 Å². The number of ether oxygens (including phenoxy) is 2. The molecule has 0 unspecified atom stereocenters. The van der Waals surface area contributed by atoms with Crippen LogP contribution >= 0.6 is 11.8 Å². The zero-order chi connectivity index (χ0) is 18.8. The number of hydrogen-bond donors (Lipinski definition) is 1. The van der Waals surface area contributed by atoms with E-state index in [9.17, 15) is 4.79 Å². The summed E-state index contributed by atoms with van der Waals surface area (Å²) in [6.07, 6.45) is 0.648. The maximum Gasteiger partial charge on any atom is 0.227 e. The Kier molecular flexibility index (Phi) is 4.68. The van der Waals surface area contributed by atoms with E-state index in [-0.39, 0.29) is 5.75 Å². The van der Waals surface area contributed by atoms with Crippen LogP contribution < -0.4 is 15.2 Å². The van der Waals surface area contributed by atoms with E-state index >= 15 is 0 Å². The molecule has 0 saturated carbocycles. The number of hydrogen-bond acceptors (Lipinski definition) is 6. The number of fused-ring (bicyclic) bond motifs is 2. The minimum absolute atomic E-state index is 0.146. The fourth-order valence-corrected chi connectivity index (χ4v) is 3.62. The number of aromatic nitrogens is 2. The van der Waals surface area contributed by atoms with Crippen molar-refractivity contribution in [2.45, 2.75) is 11.4 Å². The topological polar surface area (TPSA) is 87.3 Å².